The van der Waals surface area contributed by atoms with Crippen LogP contribution in [0.25, 0.3) is 0 Å². The molecule has 0 bridgehead atoms. The van der Waals surface area contributed by atoms with E-state index in [0.717, 1.165) is 6.42 Å². The highest BCUT2D eigenvalue weighted by Crippen LogP contribution is 2.40. The molecule has 2 fully saturated rings. The van der Waals surface area contributed by atoms with Crippen molar-refractivity contribution in [2.75, 3.05) is 32.8 Å². The first kappa shape index (κ1) is 19.9. The number of ether oxygens (including phenoxy) is 1. The van der Waals surface area contributed by atoms with Crippen molar-refractivity contribution in [3.05, 3.63) is 0 Å². The van der Waals surface area contributed by atoms with Crippen LogP contribution >= 0.6 is 0 Å². The molecule has 25 heavy (non-hydrogen) atoms. The normalized spacial score (nSPS) is 24.9. The lowest BCUT2D eigenvalue weighted by atomic mass is 9.78. The molecule has 0 radical (unpaired) electrons. The van der Waals surface area contributed by atoms with Gasteiger partial charge in [-0.2, -0.15) is 8.78 Å². The highest BCUT2D eigenvalue weighted by molar-refractivity contribution is 5.86. The minimum absolute atomic E-state index is 0.0224. The third-order valence-electron chi connectivity index (χ3n) is 4.94. The molecule has 0 aromatic carbocycles. The summed E-state index contributed by atoms with van der Waals surface area (Å²) in [5.74, 6) is -4.81. The number of hydrogen-bond donors (Lipinski definition) is 0. The molecular formula is C16H24F4N2O3. The number of piperidine rings is 1. The number of alkyl halides is 4. The maximum atomic E-state index is 12.8. The quantitative estimate of drug-likeness (QED) is 0.675. The molecule has 9 heteroatoms. The first-order chi connectivity index (χ1) is 11.6. The summed E-state index contributed by atoms with van der Waals surface area (Å²) in [6, 6.07) is 0.0781. The lowest BCUT2D eigenvalue weighted by molar-refractivity contribution is -0.170. The molecule has 1 atom stereocenters. The van der Waals surface area contributed by atoms with Crippen molar-refractivity contribution in [2.24, 2.45) is 5.41 Å². The van der Waals surface area contributed by atoms with Crippen LogP contribution in [-0.2, 0) is 14.3 Å². The third-order valence-corrected chi connectivity index (χ3v) is 4.94. The van der Waals surface area contributed by atoms with E-state index in [4.69, 9.17) is 0 Å². The van der Waals surface area contributed by atoms with E-state index in [0.29, 0.717) is 25.9 Å². The van der Waals surface area contributed by atoms with Crippen LogP contribution in [0.15, 0.2) is 0 Å². The van der Waals surface area contributed by atoms with Gasteiger partial charge in [0.2, 0.25) is 11.8 Å². The molecule has 5 nitrogen and oxygen atoms in total. The zero-order valence-electron chi connectivity index (χ0n) is 14.4. The molecule has 2 saturated heterocycles. The Morgan fingerprint density at radius 3 is 2.56 bits per heavy atom. The van der Waals surface area contributed by atoms with Crippen molar-refractivity contribution < 1.29 is 31.9 Å². The van der Waals surface area contributed by atoms with Crippen molar-refractivity contribution in [2.45, 2.75) is 51.5 Å². The van der Waals surface area contributed by atoms with Crippen molar-refractivity contribution in [3.8, 4) is 0 Å². The fourth-order valence-electron chi connectivity index (χ4n) is 3.49. The largest absolute Gasteiger partial charge is 0.365 e. The molecule has 2 heterocycles. The van der Waals surface area contributed by atoms with Gasteiger partial charge < -0.3 is 14.5 Å². The molecule has 0 aromatic heterocycles. The highest BCUT2D eigenvalue weighted by atomic mass is 19.3. The van der Waals surface area contributed by atoms with Crippen molar-refractivity contribution in [3.63, 3.8) is 0 Å². The van der Waals surface area contributed by atoms with Gasteiger partial charge in [-0.1, -0.05) is 0 Å². The van der Waals surface area contributed by atoms with E-state index in [1.807, 2.05) is 13.8 Å². The first-order valence-corrected chi connectivity index (χ1v) is 8.42. The van der Waals surface area contributed by atoms with Gasteiger partial charge in [0.1, 0.15) is 13.2 Å². The Balaban J connectivity index is 1.89. The number of amides is 2. The molecule has 1 spiro atoms. The Kier molecular flexibility index (Phi) is 5.96. The molecule has 144 valence electrons. The van der Waals surface area contributed by atoms with Crippen molar-refractivity contribution in [1.29, 1.82) is 0 Å². The second-order valence-electron chi connectivity index (χ2n) is 7.10. The zero-order valence-corrected chi connectivity index (χ0v) is 14.4. The molecular weight excluding hydrogens is 344 g/mol. The molecule has 0 unspecified atom stereocenters. The van der Waals surface area contributed by atoms with E-state index in [9.17, 15) is 27.2 Å². The van der Waals surface area contributed by atoms with Gasteiger partial charge in [0, 0.05) is 25.7 Å². The number of likely N-dealkylation sites (tertiary alicyclic amines) is 2. The van der Waals surface area contributed by atoms with E-state index in [1.54, 1.807) is 4.90 Å². The molecule has 2 amide bonds. The summed E-state index contributed by atoms with van der Waals surface area (Å²) in [6.45, 7) is 2.93. The lowest BCUT2D eigenvalue weighted by Crippen LogP contribution is -2.52. The van der Waals surface area contributed by atoms with Crippen molar-refractivity contribution in [1.82, 2.24) is 9.80 Å². The van der Waals surface area contributed by atoms with Crippen LogP contribution in [0, 0.1) is 5.41 Å². The summed E-state index contributed by atoms with van der Waals surface area (Å²) in [5, 5.41) is 0. The Hall–Kier alpha value is -1.38. The maximum Gasteiger partial charge on any atom is 0.330 e. The standard InChI is InChI=1S/C16H24F4N2O3/c1-11(2)22-6-3-4-15(14(22)24)5-7-21(9-15)12(23)8-25-10-16(19,20)13(17)18/h11,13H,3-10H2,1-2H3/t15-/m0/s1. The van der Waals surface area contributed by atoms with Gasteiger partial charge in [-0.05, 0) is 33.1 Å². The van der Waals surface area contributed by atoms with Gasteiger partial charge in [-0.25, -0.2) is 8.78 Å². The van der Waals surface area contributed by atoms with Gasteiger partial charge in [0.15, 0.2) is 0 Å². The molecule has 2 aliphatic heterocycles. The summed E-state index contributed by atoms with van der Waals surface area (Å²) in [7, 11) is 0. The SMILES string of the molecule is CC(C)N1CCC[C@@]2(CCN(C(=O)COCC(F)(F)C(F)F)C2)C1=O. The topological polar surface area (TPSA) is 49.9 Å². The predicted molar refractivity (Wildman–Crippen MR) is 81.5 cm³/mol. The van der Waals surface area contributed by atoms with Crippen LogP contribution in [0.4, 0.5) is 17.6 Å². The fraction of sp³-hybridized carbons (Fsp3) is 0.875. The highest BCUT2D eigenvalue weighted by Gasteiger charge is 2.49. The molecule has 2 rings (SSSR count). The van der Waals surface area contributed by atoms with Gasteiger partial charge in [0.25, 0.3) is 0 Å². The zero-order chi connectivity index (χ0) is 18.8. The number of rotatable bonds is 6. The Bertz CT molecular complexity index is 516. The van der Waals surface area contributed by atoms with Crippen LogP contribution < -0.4 is 0 Å². The van der Waals surface area contributed by atoms with Gasteiger partial charge in [-0.15, -0.1) is 0 Å². The monoisotopic (exact) mass is 368 g/mol. The molecule has 2 aliphatic rings. The number of hydrogen-bond acceptors (Lipinski definition) is 3. The maximum absolute atomic E-state index is 12.8. The predicted octanol–water partition coefficient (Wildman–Crippen LogP) is 2.15. The van der Waals surface area contributed by atoms with E-state index in [1.165, 1.54) is 4.90 Å². The van der Waals surface area contributed by atoms with Crippen LogP contribution in [0.1, 0.15) is 33.1 Å². The molecule has 0 aromatic rings. The van der Waals surface area contributed by atoms with Crippen LogP contribution in [0.5, 0.6) is 0 Å². The van der Waals surface area contributed by atoms with Gasteiger partial charge in [-0.3, -0.25) is 9.59 Å². The molecule has 0 saturated carbocycles. The number of nitrogens with zero attached hydrogens (tertiary/aromatic N) is 2. The number of carbonyl (C=O) groups is 2. The smallest absolute Gasteiger partial charge is 0.330 e. The minimum atomic E-state index is -4.27. The second kappa shape index (κ2) is 7.47. The van der Waals surface area contributed by atoms with Crippen LogP contribution in [-0.4, -0.2) is 72.9 Å². The van der Waals surface area contributed by atoms with Crippen LogP contribution in [0.2, 0.25) is 0 Å². The Morgan fingerprint density at radius 1 is 1.28 bits per heavy atom. The number of halogens is 4. The van der Waals surface area contributed by atoms with E-state index in [2.05, 4.69) is 4.74 Å². The molecule has 0 N–H and O–H groups in total. The summed E-state index contributed by atoms with van der Waals surface area (Å²) in [4.78, 5) is 28.1. The minimum Gasteiger partial charge on any atom is -0.365 e. The second-order valence-corrected chi connectivity index (χ2v) is 7.10. The van der Waals surface area contributed by atoms with Crippen LogP contribution in [0.3, 0.4) is 0 Å². The molecule has 0 aliphatic carbocycles. The average Bonchev–Trinajstić information content (AvgIpc) is 2.94. The van der Waals surface area contributed by atoms with Gasteiger partial charge in [0.05, 0.1) is 5.41 Å². The lowest BCUT2D eigenvalue weighted by Gasteiger charge is -2.41. The van der Waals surface area contributed by atoms with E-state index >= 15 is 0 Å². The number of carbonyl (C=O) groups excluding carboxylic acids is 2. The first-order valence-electron chi connectivity index (χ1n) is 8.42. The summed E-state index contributed by atoms with van der Waals surface area (Å²) >= 11 is 0. The van der Waals surface area contributed by atoms with E-state index in [-0.39, 0.29) is 18.5 Å². The average molecular weight is 368 g/mol. The third kappa shape index (κ3) is 4.24. The Morgan fingerprint density at radius 2 is 1.96 bits per heavy atom. The fourth-order valence-corrected chi connectivity index (χ4v) is 3.49. The summed E-state index contributed by atoms with van der Waals surface area (Å²) in [5.41, 5.74) is -0.620. The van der Waals surface area contributed by atoms with E-state index < -0.39 is 36.9 Å². The summed E-state index contributed by atoms with van der Waals surface area (Å²) < 4.78 is 54.1. The Labute approximate surface area is 144 Å². The van der Waals surface area contributed by atoms with Gasteiger partial charge >= 0.3 is 12.3 Å². The summed E-state index contributed by atoms with van der Waals surface area (Å²) in [6.07, 6.45) is -1.78. The van der Waals surface area contributed by atoms with Crippen molar-refractivity contribution >= 4 is 11.8 Å².